The molecule has 0 bridgehead atoms. The molecular formula is C26H32ClF3N6. The van der Waals surface area contributed by atoms with Crippen LogP contribution >= 0.6 is 11.6 Å². The van der Waals surface area contributed by atoms with Gasteiger partial charge in [0.1, 0.15) is 5.82 Å². The zero-order valence-corrected chi connectivity index (χ0v) is 21.2. The first-order valence-corrected chi connectivity index (χ1v) is 13.1. The van der Waals surface area contributed by atoms with Crippen LogP contribution in [0.25, 0.3) is 11.3 Å². The summed E-state index contributed by atoms with van der Waals surface area (Å²) in [5.41, 5.74) is 3.88. The number of nitrogens with zero attached hydrogens (tertiary/aromatic N) is 5. The Kier molecular flexibility index (Phi) is 7.40. The first-order chi connectivity index (χ1) is 17.2. The zero-order valence-electron chi connectivity index (χ0n) is 20.4. The van der Waals surface area contributed by atoms with Crippen LogP contribution in [0, 0.1) is 11.8 Å². The molecule has 6 nitrogen and oxygen atoms in total. The van der Waals surface area contributed by atoms with Crippen LogP contribution in [-0.2, 0) is 26.4 Å². The first kappa shape index (κ1) is 25.3. The molecule has 2 fully saturated rings. The van der Waals surface area contributed by atoms with Gasteiger partial charge in [-0.15, -0.1) is 0 Å². The van der Waals surface area contributed by atoms with Crippen molar-refractivity contribution >= 4 is 11.6 Å². The van der Waals surface area contributed by atoms with E-state index in [-0.39, 0.29) is 12.6 Å². The Morgan fingerprint density at radius 1 is 1.08 bits per heavy atom. The van der Waals surface area contributed by atoms with Gasteiger partial charge in [-0.3, -0.25) is 10.00 Å². The number of rotatable bonds is 9. The Hall–Kier alpha value is -2.39. The number of halogens is 4. The topological polar surface area (TPSA) is 62.6 Å². The summed E-state index contributed by atoms with van der Waals surface area (Å²) >= 11 is 6.53. The molecule has 0 amide bonds. The third-order valence-corrected chi connectivity index (χ3v) is 7.83. The fraction of sp³-hybridized carbons (Fsp3) is 0.577. The van der Waals surface area contributed by atoms with Crippen molar-refractivity contribution in [3.8, 4) is 11.3 Å². The van der Waals surface area contributed by atoms with E-state index < -0.39 is 12.7 Å². The van der Waals surface area contributed by atoms with Crippen molar-refractivity contribution in [1.82, 2.24) is 29.6 Å². The average molecular weight is 521 g/mol. The number of hydrogen-bond acceptors (Lipinski definition) is 4. The summed E-state index contributed by atoms with van der Waals surface area (Å²) in [4.78, 5) is 10.9. The summed E-state index contributed by atoms with van der Waals surface area (Å²) in [5, 5.41) is 7.12. The molecule has 5 rings (SSSR count). The summed E-state index contributed by atoms with van der Waals surface area (Å²) in [5.74, 6) is 1.85. The van der Waals surface area contributed by atoms with Gasteiger partial charge in [-0.2, -0.15) is 18.3 Å². The number of nitrogens with one attached hydrogen (secondary N) is 1. The molecule has 0 atom stereocenters. The SMILES string of the molecule is Cn1ccc(-c2nc(CC3CCC(N(Cc4cn[nH]c4)CC(F)(F)F)CC3)ncc2Cl)c1CC1CC1. The van der Waals surface area contributed by atoms with Crippen LogP contribution in [0.3, 0.4) is 0 Å². The minimum absolute atomic E-state index is 0.103. The van der Waals surface area contributed by atoms with Gasteiger partial charge in [0.05, 0.1) is 23.5 Å². The zero-order chi connectivity index (χ0) is 25.3. The van der Waals surface area contributed by atoms with Crippen LogP contribution in [-0.4, -0.2) is 48.4 Å². The number of aromatic amines is 1. The van der Waals surface area contributed by atoms with Gasteiger partial charge in [0.25, 0.3) is 0 Å². The lowest BCUT2D eigenvalue weighted by Gasteiger charge is -2.37. The van der Waals surface area contributed by atoms with Crippen LogP contribution in [0.4, 0.5) is 13.2 Å². The smallest absolute Gasteiger partial charge is 0.354 e. The maximum Gasteiger partial charge on any atom is 0.401 e. The van der Waals surface area contributed by atoms with Gasteiger partial charge < -0.3 is 4.57 Å². The van der Waals surface area contributed by atoms with Crippen molar-refractivity contribution in [3.63, 3.8) is 0 Å². The van der Waals surface area contributed by atoms with Crippen molar-refractivity contribution in [1.29, 1.82) is 0 Å². The lowest BCUT2D eigenvalue weighted by Crippen LogP contribution is -2.43. The van der Waals surface area contributed by atoms with Crippen molar-refractivity contribution in [2.75, 3.05) is 6.54 Å². The summed E-state index contributed by atoms with van der Waals surface area (Å²) in [7, 11) is 2.06. The number of H-pyrrole nitrogens is 1. The van der Waals surface area contributed by atoms with Gasteiger partial charge >= 0.3 is 6.18 Å². The molecule has 0 unspecified atom stereocenters. The van der Waals surface area contributed by atoms with E-state index in [1.807, 2.05) is 0 Å². The highest BCUT2D eigenvalue weighted by Gasteiger charge is 2.36. The molecule has 1 N–H and O–H groups in total. The highest BCUT2D eigenvalue weighted by molar-refractivity contribution is 6.32. The molecule has 194 valence electrons. The monoisotopic (exact) mass is 520 g/mol. The van der Waals surface area contributed by atoms with Crippen LogP contribution in [0.1, 0.15) is 55.6 Å². The van der Waals surface area contributed by atoms with Gasteiger partial charge in [-0.05, 0) is 62.8 Å². The second-order valence-corrected chi connectivity index (χ2v) is 10.8. The molecule has 0 radical (unpaired) electrons. The summed E-state index contributed by atoms with van der Waals surface area (Å²) in [6.45, 7) is -0.660. The molecule has 10 heteroatoms. The minimum Gasteiger partial charge on any atom is -0.354 e. The predicted octanol–water partition coefficient (Wildman–Crippen LogP) is 5.98. The average Bonchev–Trinajstić information content (AvgIpc) is 3.37. The Morgan fingerprint density at radius 2 is 1.81 bits per heavy atom. The van der Waals surface area contributed by atoms with Crippen LogP contribution in [0.5, 0.6) is 0 Å². The van der Waals surface area contributed by atoms with E-state index in [1.165, 1.54) is 18.5 Å². The molecule has 3 aromatic heterocycles. The molecule has 2 aliphatic rings. The fourth-order valence-electron chi connectivity index (χ4n) is 5.43. The molecule has 0 spiro atoms. The van der Waals surface area contributed by atoms with Crippen LogP contribution in [0.2, 0.25) is 5.02 Å². The van der Waals surface area contributed by atoms with Gasteiger partial charge in [-0.25, -0.2) is 9.97 Å². The molecule has 36 heavy (non-hydrogen) atoms. The number of aryl methyl sites for hydroxylation is 1. The largest absolute Gasteiger partial charge is 0.401 e. The molecule has 2 aliphatic carbocycles. The fourth-order valence-corrected chi connectivity index (χ4v) is 5.63. The van der Waals surface area contributed by atoms with Crippen molar-refractivity contribution < 1.29 is 13.2 Å². The maximum atomic E-state index is 13.3. The van der Waals surface area contributed by atoms with Gasteiger partial charge in [-0.1, -0.05) is 11.6 Å². The molecule has 2 saturated carbocycles. The van der Waals surface area contributed by atoms with E-state index in [2.05, 4.69) is 39.1 Å². The highest BCUT2D eigenvalue weighted by Crippen LogP contribution is 2.38. The van der Waals surface area contributed by atoms with Crippen molar-refractivity contribution in [2.24, 2.45) is 18.9 Å². The molecule has 0 aliphatic heterocycles. The van der Waals surface area contributed by atoms with Gasteiger partial charge in [0, 0.05) is 61.5 Å². The van der Waals surface area contributed by atoms with E-state index in [0.29, 0.717) is 17.4 Å². The summed E-state index contributed by atoms with van der Waals surface area (Å²) in [6.07, 6.45) is 10.2. The van der Waals surface area contributed by atoms with Gasteiger partial charge in [0.2, 0.25) is 0 Å². The number of aromatic nitrogens is 5. The second kappa shape index (κ2) is 10.5. The third kappa shape index (κ3) is 6.29. The van der Waals surface area contributed by atoms with E-state index in [0.717, 1.165) is 60.7 Å². The summed E-state index contributed by atoms with van der Waals surface area (Å²) in [6, 6.07) is 1.98. The van der Waals surface area contributed by atoms with Crippen molar-refractivity contribution in [2.45, 2.75) is 70.1 Å². The quantitative estimate of drug-likeness (QED) is 0.377. The standard InChI is InChI=1S/C26H32ClF3N6/c1-35-9-8-21(23(35)10-17-2-3-17)25-22(27)14-31-24(34-25)11-18-4-6-20(7-5-18)36(16-26(28,29)30)15-19-12-32-33-13-19/h8-9,12-14,17-18,20H,2-7,10-11,15-16H2,1H3,(H,32,33). The van der Waals surface area contributed by atoms with E-state index >= 15 is 0 Å². The van der Waals surface area contributed by atoms with Gasteiger partial charge in [0.15, 0.2) is 0 Å². The molecule has 0 saturated heterocycles. The molecule has 3 aromatic rings. The maximum absolute atomic E-state index is 13.3. The normalized spacial score (nSPS) is 20.8. The minimum atomic E-state index is -4.23. The van der Waals surface area contributed by atoms with Crippen molar-refractivity contribution in [3.05, 3.63) is 53.0 Å². The highest BCUT2D eigenvalue weighted by atomic mass is 35.5. The van der Waals surface area contributed by atoms with E-state index in [9.17, 15) is 13.2 Å². The Bertz CT molecular complexity index is 1150. The Labute approximate surface area is 214 Å². The van der Waals surface area contributed by atoms with E-state index in [4.69, 9.17) is 16.6 Å². The molecule has 3 heterocycles. The first-order valence-electron chi connectivity index (χ1n) is 12.7. The van der Waals surface area contributed by atoms with Crippen LogP contribution < -0.4 is 0 Å². The van der Waals surface area contributed by atoms with E-state index in [1.54, 1.807) is 23.5 Å². The Balaban J connectivity index is 1.24. The predicted molar refractivity (Wildman–Crippen MR) is 132 cm³/mol. The lowest BCUT2D eigenvalue weighted by atomic mass is 9.83. The third-order valence-electron chi connectivity index (χ3n) is 7.56. The lowest BCUT2D eigenvalue weighted by molar-refractivity contribution is -0.154. The molecule has 0 aromatic carbocycles. The summed E-state index contributed by atoms with van der Waals surface area (Å²) < 4.78 is 42.0. The molecular weight excluding hydrogens is 489 g/mol. The number of alkyl halides is 3. The second-order valence-electron chi connectivity index (χ2n) is 10.4. The number of hydrogen-bond donors (Lipinski definition) is 1. The Morgan fingerprint density at radius 3 is 2.47 bits per heavy atom. The van der Waals surface area contributed by atoms with Crippen LogP contribution in [0.15, 0.2) is 30.9 Å².